The number of ether oxygens (including phenoxy) is 1. The fourth-order valence-corrected chi connectivity index (χ4v) is 9.81. The van der Waals surface area contributed by atoms with E-state index in [9.17, 15) is 19.8 Å². The van der Waals surface area contributed by atoms with Crippen LogP contribution >= 0.6 is 0 Å². The summed E-state index contributed by atoms with van der Waals surface area (Å²) in [7, 11) is 0. The van der Waals surface area contributed by atoms with E-state index in [1.165, 1.54) is 263 Å². The van der Waals surface area contributed by atoms with Crippen LogP contribution in [0.2, 0.25) is 0 Å². The molecule has 3 N–H and O–H groups in total. The van der Waals surface area contributed by atoms with Gasteiger partial charge in [0.05, 0.1) is 25.4 Å². The van der Waals surface area contributed by atoms with E-state index < -0.39 is 12.1 Å². The van der Waals surface area contributed by atoms with E-state index in [2.05, 4.69) is 19.2 Å². The minimum absolute atomic E-state index is 0.00345. The fourth-order valence-electron chi connectivity index (χ4n) is 9.81. The summed E-state index contributed by atoms with van der Waals surface area (Å²) in [5.74, 6) is -0.0798. The van der Waals surface area contributed by atoms with Gasteiger partial charge in [0.2, 0.25) is 5.91 Å². The minimum Gasteiger partial charge on any atom is -0.466 e. The lowest BCUT2D eigenvalue weighted by molar-refractivity contribution is -0.143. The molecule has 2 atom stereocenters. The molecule has 0 saturated carbocycles. The van der Waals surface area contributed by atoms with E-state index in [0.717, 1.165) is 57.8 Å². The molecule has 0 rings (SSSR count). The van der Waals surface area contributed by atoms with Crippen molar-refractivity contribution in [1.29, 1.82) is 0 Å². The quantitative estimate of drug-likeness (QED) is 0.0321. The van der Waals surface area contributed by atoms with Crippen molar-refractivity contribution in [3.63, 3.8) is 0 Å². The monoisotopic (exact) mass is 960 g/mol. The Hall–Kier alpha value is -1.40. The van der Waals surface area contributed by atoms with Crippen molar-refractivity contribution in [2.75, 3.05) is 13.2 Å². The van der Waals surface area contributed by atoms with E-state index >= 15 is 0 Å². The van der Waals surface area contributed by atoms with Gasteiger partial charge in [0, 0.05) is 12.8 Å². The summed E-state index contributed by atoms with van der Waals surface area (Å²) in [6.45, 7) is 4.91. The molecule has 68 heavy (non-hydrogen) atoms. The molecule has 0 spiro atoms. The summed E-state index contributed by atoms with van der Waals surface area (Å²) in [5.41, 5.74) is 0. The van der Waals surface area contributed by atoms with Crippen molar-refractivity contribution in [1.82, 2.24) is 5.32 Å². The van der Waals surface area contributed by atoms with Crippen LogP contribution in [-0.2, 0) is 14.3 Å². The number of carbonyl (C=O) groups excluding carboxylic acids is 2. The number of hydrogen-bond acceptors (Lipinski definition) is 5. The third-order valence-corrected chi connectivity index (χ3v) is 14.6. The molecule has 0 aliphatic rings. The molecule has 6 heteroatoms. The number of amides is 1. The normalized spacial score (nSPS) is 12.6. The van der Waals surface area contributed by atoms with Crippen LogP contribution in [-0.4, -0.2) is 47.4 Å². The van der Waals surface area contributed by atoms with E-state index in [1.807, 2.05) is 6.08 Å². The first kappa shape index (κ1) is 66.6. The van der Waals surface area contributed by atoms with Gasteiger partial charge in [-0.05, 0) is 32.1 Å². The molecule has 0 fully saturated rings. The zero-order chi connectivity index (χ0) is 49.3. The zero-order valence-corrected chi connectivity index (χ0v) is 46.1. The molecule has 0 aromatic carbocycles. The highest BCUT2D eigenvalue weighted by Gasteiger charge is 2.18. The van der Waals surface area contributed by atoms with Crippen molar-refractivity contribution in [2.24, 2.45) is 0 Å². The molecule has 6 nitrogen and oxygen atoms in total. The second-order valence-electron chi connectivity index (χ2n) is 21.4. The molecule has 2 unspecified atom stereocenters. The van der Waals surface area contributed by atoms with E-state index in [1.54, 1.807) is 6.08 Å². The number of aliphatic hydroxyl groups excluding tert-OH is 2. The van der Waals surface area contributed by atoms with E-state index in [4.69, 9.17) is 4.74 Å². The maximum Gasteiger partial charge on any atom is 0.305 e. The molecular formula is C62H121NO5. The van der Waals surface area contributed by atoms with Crippen LogP contribution in [0.15, 0.2) is 12.2 Å². The van der Waals surface area contributed by atoms with Gasteiger partial charge in [0.25, 0.3) is 0 Å². The number of esters is 1. The summed E-state index contributed by atoms with van der Waals surface area (Å²) >= 11 is 0. The number of allylic oxidation sites excluding steroid dienone is 1. The Balaban J connectivity index is 3.46. The van der Waals surface area contributed by atoms with E-state index in [0.29, 0.717) is 19.4 Å². The molecule has 0 aliphatic heterocycles. The van der Waals surface area contributed by atoms with Crippen molar-refractivity contribution < 1.29 is 24.5 Å². The zero-order valence-electron chi connectivity index (χ0n) is 46.1. The molecule has 404 valence electrons. The van der Waals surface area contributed by atoms with Crippen LogP contribution in [0, 0.1) is 0 Å². The highest BCUT2D eigenvalue weighted by molar-refractivity contribution is 5.76. The number of nitrogens with one attached hydrogen (secondary N) is 1. The summed E-state index contributed by atoms with van der Waals surface area (Å²) in [5, 5.41) is 23.2. The highest BCUT2D eigenvalue weighted by Crippen LogP contribution is 2.18. The molecule has 0 bridgehead atoms. The highest BCUT2D eigenvalue weighted by atomic mass is 16.5. The van der Waals surface area contributed by atoms with Crippen LogP contribution in [0.5, 0.6) is 0 Å². The molecule has 0 heterocycles. The molecule has 0 radical (unpaired) electrons. The first-order valence-electron chi connectivity index (χ1n) is 31.0. The van der Waals surface area contributed by atoms with Crippen LogP contribution in [0.4, 0.5) is 0 Å². The van der Waals surface area contributed by atoms with Crippen LogP contribution in [0.3, 0.4) is 0 Å². The lowest BCUT2D eigenvalue weighted by Gasteiger charge is -2.20. The van der Waals surface area contributed by atoms with Gasteiger partial charge in [0.15, 0.2) is 0 Å². The maximum atomic E-state index is 12.5. The Bertz CT molecular complexity index is 1020. The third kappa shape index (κ3) is 53.9. The number of carbonyl (C=O) groups is 2. The van der Waals surface area contributed by atoms with Crippen molar-refractivity contribution in [3.8, 4) is 0 Å². The SMILES string of the molecule is CCCCCCCCCCCCCCCCCCCCCCCC/C=C/C(O)C(CO)NC(=O)CCCCCCCCCCCCCCCOC(=O)CCCCCCCCCCCCCCCC. The van der Waals surface area contributed by atoms with Gasteiger partial charge in [-0.1, -0.05) is 315 Å². The molecule has 0 aliphatic carbocycles. The van der Waals surface area contributed by atoms with Crippen LogP contribution in [0.1, 0.15) is 348 Å². The van der Waals surface area contributed by atoms with E-state index in [-0.39, 0.29) is 18.5 Å². The first-order chi connectivity index (χ1) is 33.5. The number of unbranched alkanes of at least 4 members (excludes halogenated alkanes) is 47. The Morgan fingerprint density at radius 3 is 1.00 bits per heavy atom. The van der Waals surface area contributed by atoms with Gasteiger partial charge in [0.1, 0.15) is 0 Å². The predicted molar refractivity (Wildman–Crippen MR) is 297 cm³/mol. The molecule has 0 aromatic heterocycles. The largest absolute Gasteiger partial charge is 0.466 e. The third-order valence-electron chi connectivity index (χ3n) is 14.6. The van der Waals surface area contributed by atoms with Gasteiger partial charge in [-0.3, -0.25) is 9.59 Å². The Labute approximate surface area is 425 Å². The molecular weight excluding hydrogens is 839 g/mol. The summed E-state index contributed by atoms with van der Waals surface area (Å²) in [6.07, 6.45) is 69.6. The molecule has 0 saturated heterocycles. The first-order valence-corrected chi connectivity index (χ1v) is 31.0. The average molecular weight is 961 g/mol. The Morgan fingerprint density at radius 1 is 0.397 bits per heavy atom. The van der Waals surface area contributed by atoms with Crippen molar-refractivity contribution in [2.45, 2.75) is 360 Å². The summed E-state index contributed by atoms with van der Waals surface area (Å²) < 4.78 is 5.47. The minimum atomic E-state index is -0.853. The average Bonchev–Trinajstić information content (AvgIpc) is 3.34. The van der Waals surface area contributed by atoms with Crippen LogP contribution < -0.4 is 5.32 Å². The molecule has 0 aromatic rings. The maximum absolute atomic E-state index is 12.5. The molecule has 1 amide bonds. The number of hydrogen-bond donors (Lipinski definition) is 3. The Morgan fingerprint density at radius 2 is 0.676 bits per heavy atom. The van der Waals surface area contributed by atoms with Gasteiger partial charge in [-0.15, -0.1) is 0 Å². The predicted octanol–water partition coefficient (Wildman–Crippen LogP) is 19.2. The Kier molecular flexibility index (Phi) is 57.0. The number of aliphatic hydroxyl groups is 2. The second kappa shape index (κ2) is 58.2. The topological polar surface area (TPSA) is 95.9 Å². The fraction of sp³-hybridized carbons (Fsp3) is 0.935. The van der Waals surface area contributed by atoms with Gasteiger partial charge in [-0.2, -0.15) is 0 Å². The lowest BCUT2D eigenvalue weighted by Crippen LogP contribution is -2.45. The van der Waals surface area contributed by atoms with Crippen LogP contribution in [0.25, 0.3) is 0 Å². The van der Waals surface area contributed by atoms with Gasteiger partial charge < -0.3 is 20.3 Å². The summed E-state index contributed by atoms with van der Waals surface area (Å²) in [6, 6.07) is -0.638. The van der Waals surface area contributed by atoms with Crippen molar-refractivity contribution >= 4 is 11.9 Å². The van der Waals surface area contributed by atoms with Gasteiger partial charge in [-0.25, -0.2) is 0 Å². The standard InChI is InChI=1S/C62H121NO5/c1-3-5-7-9-11-13-15-17-19-20-21-22-23-24-25-26-27-28-30-34-38-42-46-50-54-60(65)59(58-64)63-61(66)55-51-47-43-39-35-31-29-33-37-41-45-49-53-57-68-62(67)56-52-48-44-40-36-32-18-16-14-12-10-8-6-4-2/h50,54,59-60,64-65H,3-49,51-53,55-58H2,1-2H3,(H,63,66)/b54-50+. The smallest absolute Gasteiger partial charge is 0.305 e. The van der Waals surface area contributed by atoms with Crippen molar-refractivity contribution in [3.05, 3.63) is 12.2 Å². The summed E-state index contributed by atoms with van der Waals surface area (Å²) in [4.78, 5) is 24.6. The van der Waals surface area contributed by atoms with Gasteiger partial charge >= 0.3 is 5.97 Å². The lowest BCUT2D eigenvalue weighted by atomic mass is 10.0. The number of rotatable bonds is 58. The second-order valence-corrected chi connectivity index (χ2v) is 21.4.